The predicted molar refractivity (Wildman–Crippen MR) is 135 cm³/mol. The molecule has 3 heterocycles. The molecule has 0 spiro atoms. The van der Waals surface area contributed by atoms with Crippen molar-refractivity contribution < 1.29 is 33.0 Å². The van der Waals surface area contributed by atoms with Crippen LogP contribution < -0.4 is 15.5 Å². The van der Waals surface area contributed by atoms with Crippen LogP contribution in [-0.4, -0.2) is 61.1 Å². The third kappa shape index (κ3) is 4.90. The van der Waals surface area contributed by atoms with Crippen LogP contribution in [0, 0.1) is 17.7 Å². The molecule has 2 aromatic rings. The first-order valence-corrected chi connectivity index (χ1v) is 12.6. The maximum Gasteiger partial charge on any atom is 0.414 e. The maximum atomic E-state index is 15.2. The first-order valence-electron chi connectivity index (χ1n) is 12.6. The number of pyridine rings is 1. The van der Waals surface area contributed by atoms with E-state index in [4.69, 9.17) is 14.2 Å². The summed E-state index contributed by atoms with van der Waals surface area (Å²) in [6, 6.07) is 8.07. The number of hydrogen-bond acceptors (Lipinski definition) is 7. The van der Waals surface area contributed by atoms with Crippen LogP contribution in [0.5, 0.6) is 0 Å². The van der Waals surface area contributed by atoms with E-state index in [0.29, 0.717) is 35.7 Å². The number of alkyl carbamates (subject to hydrolysis) is 1. The second kappa shape index (κ2) is 9.54. The van der Waals surface area contributed by atoms with Gasteiger partial charge in [0, 0.05) is 36.1 Å². The summed E-state index contributed by atoms with van der Waals surface area (Å²) in [6.45, 7) is 8.22. The highest BCUT2D eigenvalue weighted by Gasteiger charge is 2.70. The quantitative estimate of drug-likeness (QED) is 0.593. The number of anilines is 1. The largest absolute Gasteiger partial charge is 0.444 e. The fourth-order valence-electron chi connectivity index (χ4n) is 5.26. The van der Waals surface area contributed by atoms with Gasteiger partial charge in [0.05, 0.1) is 43.2 Å². The van der Waals surface area contributed by atoms with Crippen molar-refractivity contribution in [3.8, 4) is 11.1 Å². The van der Waals surface area contributed by atoms with E-state index in [-0.39, 0.29) is 30.8 Å². The molecule has 1 aromatic carbocycles. The summed E-state index contributed by atoms with van der Waals surface area (Å²) in [7, 11) is 0. The third-order valence-electron chi connectivity index (χ3n) is 7.06. The molecule has 5 rings (SSSR count). The van der Waals surface area contributed by atoms with Crippen LogP contribution >= 0.6 is 0 Å². The van der Waals surface area contributed by atoms with Gasteiger partial charge in [-0.1, -0.05) is 6.07 Å². The molecule has 3 fully saturated rings. The Morgan fingerprint density at radius 1 is 1.21 bits per heavy atom. The summed E-state index contributed by atoms with van der Waals surface area (Å²) < 4.78 is 31.5. The molecule has 0 radical (unpaired) electrons. The normalized spacial score (nSPS) is 26.0. The van der Waals surface area contributed by atoms with Crippen molar-refractivity contribution in [3.05, 3.63) is 48.0 Å². The predicted octanol–water partition coefficient (Wildman–Crippen LogP) is 3.35. The lowest BCUT2D eigenvalue weighted by molar-refractivity contribution is -0.119. The maximum absolute atomic E-state index is 15.2. The number of nitrogens with one attached hydrogen (secondary N) is 2. The van der Waals surface area contributed by atoms with Gasteiger partial charge in [0.1, 0.15) is 17.5 Å². The molecule has 10 nitrogen and oxygen atoms in total. The van der Waals surface area contributed by atoms with Crippen molar-refractivity contribution in [1.29, 1.82) is 0 Å². The summed E-state index contributed by atoms with van der Waals surface area (Å²) in [5, 5.41) is 5.64. The lowest BCUT2D eigenvalue weighted by atomic mass is 10.0. The molecule has 0 bridgehead atoms. The second-order valence-electron chi connectivity index (χ2n) is 10.9. The first-order chi connectivity index (χ1) is 18.0. The monoisotopic (exact) mass is 526 g/mol. The smallest absolute Gasteiger partial charge is 0.414 e. The van der Waals surface area contributed by atoms with Crippen LogP contribution in [0.3, 0.4) is 0 Å². The zero-order chi connectivity index (χ0) is 27.2. The highest BCUT2D eigenvalue weighted by molar-refractivity contribution is 5.90. The number of fused-ring (bicyclic) bond motifs is 1. The van der Waals surface area contributed by atoms with Gasteiger partial charge in [-0.25, -0.2) is 14.0 Å². The summed E-state index contributed by atoms with van der Waals surface area (Å²) >= 11 is 0. The van der Waals surface area contributed by atoms with Gasteiger partial charge < -0.3 is 24.8 Å². The van der Waals surface area contributed by atoms with Gasteiger partial charge in [0.15, 0.2) is 0 Å². The highest BCUT2D eigenvalue weighted by atomic mass is 19.1. The van der Waals surface area contributed by atoms with Crippen LogP contribution in [0.15, 0.2) is 36.5 Å². The Labute approximate surface area is 219 Å². The number of carbonyl (C=O) groups is 3. The molecule has 11 heteroatoms. The van der Waals surface area contributed by atoms with E-state index in [1.54, 1.807) is 51.2 Å². The minimum atomic E-state index is -0.675. The number of benzene rings is 1. The lowest BCUT2D eigenvalue weighted by Crippen LogP contribution is -2.43. The SMILES string of the molecule is CC(=O)NC[C@H]1CN(c2ccc(-c3ccc([C@@]4(NC(=O)OC(C)(C)C)[C@@H]5COC[C@@H]54)nc3)c(F)c2)C(=O)O1. The molecule has 3 aliphatic rings. The van der Waals surface area contributed by atoms with Crippen molar-refractivity contribution in [3.63, 3.8) is 0 Å². The van der Waals surface area contributed by atoms with Crippen molar-refractivity contribution >= 4 is 23.8 Å². The van der Waals surface area contributed by atoms with Crippen LogP contribution in [0.1, 0.15) is 33.4 Å². The fraction of sp³-hybridized carbons (Fsp3) is 0.481. The Morgan fingerprint density at radius 3 is 2.55 bits per heavy atom. The fourth-order valence-corrected chi connectivity index (χ4v) is 5.26. The molecule has 3 amide bonds. The molecule has 38 heavy (non-hydrogen) atoms. The van der Waals surface area contributed by atoms with Crippen LogP contribution in [0.2, 0.25) is 0 Å². The van der Waals surface area contributed by atoms with Crippen LogP contribution in [0.25, 0.3) is 11.1 Å². The van der Waals surface area contributed by atoms with E-state index in [1.807, 2.05) is 0 Å². The number of ether oxygens (including phenoxy) is 3. The van der Waals surface area contributed by atoms with Gasteiger partial charge in [0.25, 0.3) is 0 Å². The van der Waals surface area contributed by atoms with Gasteiger partial charge in [-0.15, -0.1) is 0 Å². The standard InChI is InChI=1S/C27H31FN4O6/c1-15(33)29-11-18-12-32(25(35)37-18)17-6-7-19(22(28)9-17)16-5-8-23(30-10-16)27(20-13-36-14-21(20)27)31-24(34)38-26(2,3)4/h5-10,18,20-21H,11-14H2,1-4H3,(H,29,33)(H,31,34)/t18-,20-,21+,27-/m0/s1. The molecule has 0 unspecified atom stereocenters. The van der Waals surface area contributed by atoms with Gasteiger partial charge >= 0.3 is 12.2 Å². The molecule has 4 atom stereocenters. The van der Waals surface area contributed by atoms with Crippen LogP contribution in [0.4, 0.5) is 19.7 Å². The topological polar surface area (TPSA) is 119 Å². The third-order valence-corrected chi connectivity index (χ3v) is 7.06. The zero-order valence-corrected chi connectivity index (χ0v) is 21.7. The van der Waals surface area contributed by atoms with E-state index >= 15 is 4.39 Å². The number of rotatable bonds is 6. The highest BCUT2D eigenvalue weighted by Crippen LogP contribution is 2.60. The first kappa shape index (κ1) is 25.9. The molecule has 1 saturated carbocycles. The minimum absolute atomic E-state index is 0.0964. The molecule has 1 aromatic heterocycles. The number of amides is 3. The summed E-state index contributed by atoms with van der Waals surface area (Å²) in [5.74, 6) is -0.550. The Hall–Kier alpha value is -3.73. The molecule has 2 saturated heterocycles. The summed E-state index contributed by atoms with van der Waals surface area (Å²) in [4.78, 5) is 41.9. The molecule has 1 aliphatic carbocycles. The zero-order valence-electron chi connectivity index (χ0n) is 21.7. The number of cyclic esters (lactones) is 1. The Balaban J connectivity index is 1.32. The van der Waals surface area contributed by atoms with Crippen LogP contribution in [-0.2, 0) is 24.5 Å². The lowest BCUT2D eigenvalue weighted by Gasteiger charge is -2.26. The van der Waals surface area contributed by atoms with E-state index in [1.165, 1.54) is 17.9 Å². The van der Waals surface area contributed by atoms with E-state index < -0.39 is 35.2 Å². The van der Waals surface area contributed by atoms with Gasteiger partial charge in [0.2, 0.25) is 5.91 Å². The number of aromatic nitrogens is 1. The van der Waals surface area contributed by atoms with E-state index in [0.717, 1.165) is 0 Å². The van der Waals surface area contributed by atoms with Crippen molar-refractivity contribution in [1.82, 2.24) is 15.6 Å². The van der Waals surface area contributed by atoms with E-state index in [2.05, 4.69) is 15.6 Å². The average molecular weight is 527 g/mol. The van der Waals surface area contributed by atoms with E-state index in [9.17, 15) is 14.4 Å². The average Bonchev–Trinajstić information content (AvgIpc) is 3.18. The molecular weight excluding hydrogens is 495 g/mol. The number of halogens is 1. The van der Waals surface area contributed by atoms with Gasteiger partial charge in [-0.05, 0) is 45.0 Å². The Kier molecular flexibility index (Phi) is 6.50. The van der Waals surface area contributed by atoms with Gasteiger partial charge in [-0.3, -0.25) is 14.7 Å². The Bertz CT molecular complexity index is 1250. The molecule has 2 aliphatic heterocycles. The van der Waals surface area contributed by atoms with Crippen molar-refractivity contribution in [2.24, 2.45) is 11.8 Å². The molecular formula is C27H31FN4O6. The summed E-state index contributed by atoms with van der Waals surface area (Å²) in [5.41, 5.74) is 0.601. The number of hydrogen-bond donors (Lipinski definition) is 2. The van der Waals surface area contributed by atoms with Crippen molar-refractivity contribution in [2.75, 3.05) is 31.2 Å². The second-order valence-corrected chi connectivity index (χ2v) is 10.9. The summed E-state index contributed by atoms with van der Waals surface area (Å²) in [6.07, 6.45) is -0.0479. The number of nitrogens with zero attached hydrogens (tertiary/aromatic N) is 2. The van der Waals surface area contributed by atoms with Gasteiger partial charge in [-0.2, -0.15) is 0 Å². The molecule has 2 N–H and O–H groups in total. The number of carbonyl (C=O) groups excluding carboxylic acids is 3. The van der Waals surface area contributed by atoms with Crippen molar-refractivity contribution in [2.45, 2.75) is 44.9 Å². The molecule has 202 valence electrons. The minimum Gasteiger partial charge on any atom is -0.444 e. The Morgan fingerprint density at radius 2 is 1.95 bits per heavy atom.